The van der Waals surface area contributed by atoms with Gasteiger partial charge < -0.3 is 25.3 Å². The first-order chi connectivity index (χ1) is 15.9. The Labute approximate surface area is 200 Å². The Morgan fingerprint density at radius 2 is 2.15 bits per heavy atom. The molecule has 33 heavy (non-hydrogen) atoms. The lowest BCUT2D eigenvalue weighted by molar-refractivity contribution is -0.0466. The Morgan fingerprint density at radius 3 is 2.94 bits per heavy atom. The third-order valence-electron chi connectivity index (χ3n) is 6.15. The summed E-state index contributed by atoms with van der Waals surface area (Å²) in [5.74, 6) is 0.168. The number of hydrogen-bond acceptors (Lipinski definition) is 6. The summed E-state index contributed by atoms with van der Waals surface area (Å²) in [6, 6.07) is 11.9. The van der Waals surface area contributed by atoms with Gasteiger partial charge in [-0.1, -0.05) is 41.4 Å². The number of carbonyl (C=O) groups is 1. The standard InChI is InChI=1S/C25H32ClN3O4/c1-3-31-24-10-23(27)22(26)9-21(24)25(30)28-11-20-13-29-12-19(8-18(29)15-33-20)32-14-17-6-4-5-16(2)7-17/h4-7,9-10,18-20H,3,8,11-15,27H2,1-2H3,(H,28,30)/t18-,19+,20-/m0/s1. The first-order valence-corrected chi connectivity index (χ1v) is 11.8. The smallest absolute Gasteiger partial charge is 0.255 e. The van der Waals surface area contributed by atoms with Crippen molar-refractivity contribution in [2.75, 3.05) is 38.6 Å². The van der Waals surface area contributed by atoms with Crippen molar-refractivity contribution in [3.63, 3.8) is 0 Å². The molecule has 0 aliphatic carbocycles. The predicted octanol–water partition coefficient (Wildman–Crippen LogP) is 3.42. The molecule has 0 bridgehead atoms. The molecule has 3 N–H and O–H groups in total. The summed E-state index contributed by atoms with van der Waals surface area (Å²) in [6.07, 6.45) is 1.07. The first-order valence-electron chi connectivity index (χ1n) is 11.5. The van der Waals surface area contributed by atoms with Crippen molar-refractivity contribution in [2.45, 2.75) is 45.1 Å². The van der Waals surface area contributed by atoms with Crippen LogP contribution in [-0.2, 0) is 16.1 Å². The number of fused-ring (bicyclic) bond motifs is 1. The Balaban J connectivity index is 1.27. The van der Waals surface area contributed by atoms with Crippen LogP contribution in [0.5, 0.6) is 5.75 Å². The monoisotopic (exact) mass is 473 g/mol. The van der Waals surface area contributed by atoms with Gasteiger partial charge in [0.25, 0.3) is 5.91 Å². The van der Waals surface area contributed by atoms with E-state index >= 15 is 0 Å². The van der Waals surface area contributed by atoms with E-state index < -0.39 is 0 Å². The molecule has 3 atom stereocenters. The molecule has 0 unspecified atom stereocenters. The van der Waals surface area contributed by atoms with Crippen LogP contribution in [-0.4, -0.2) is 61.9 Å². The normalized spacial score (nSPS) is 22.7. The van der Waals surface area contributed by atoms with Gasteiger partial charge in [0.2, 0.25) is 0 Å². The molecule has 8 heteroatoms. The molecule has 0 radical (unpaired) electrons. The molecular formula is C25H32ClN3O4. The topological polar surface area (TPSA) is 86.0 Å². The molecule has 2 aliphatic rings. The van der Waals surface area contributed by atoms with Gasteiger partial charge in [-0.05, 0) is 31.9 Å². The summed E-state index contributed by atoms with van der Waals surface area (Å²) in [7, 11) is 0. The molecule has 2 fully saturated rings. The number of rotatable bonds is 8. The number of benzene rings is 2. The highest BCUT2D eigenvalue weighted by atomic mass is 35.5. The third kappa shape index (κ3) is 5.98. The van der Waals surface area contributed by atoms with E-state index in [1.807, 2.05) is 6.92 Å². The zero-order valence-electron chi connectivity index (χ0n) is 19.2. The van der Waals surface area contributed by atoms with Gasteiger partial charge in [0, 0.05) is 31.7 Å². The van der Waals surface area contributed by atoms with E-state index in [0.29, 0.717) is 54.4 Å². The van der Waals surface area contributed by atoms with Crippen LogP contribution >= 0.6 is 11.6 Å². The largest absolute Gasteiger partial charge is 0.493 e. The molecule has 4 rings (SSSR count). The van der Waals surface area contributed by atoms with Gasteiger partial charge in [-0.2, -0.15) is 0 Å². The number of morpholine rings is 1. The second-order valence-corrected chi connectivity index (χ2v) is 9.14. The highest BCUT2D eigenvalue weighted by Crippen LogP contribution is 2.29. The van der Waals surface area contributed by atoms with E-state index in [1.54, 1.807) is 12.1 Å². The molecule has 2 aliphatic heterocycles. The molecule has 0 aromatic heterocycles. The van der Waals surface area contributed by atoms with Crippen LogP contribution in [0.3, 0.4) is 0 Å². The summed E-state index contributed by atoms with van der Waals surface area (Å²) in [6.45, 7) is 7.69. The average molecular weight is 474 g/mol. The minimum Gasteiger partial charge on any atom is -0.493 e. The maximum Gasteiger partial charge on any atom is 0.255 e. The molecule has 1 amide bonds. The zero-order valence-corrected chi connectivity index (χ0v) is 19.9. The van der Waals surface area contributed by atoms with Crippen molar-refractivity contribution < 1.29 is 19.0 Å². The maximum absolute atomic E-state index is 12.8. The van der Waals surface area contributed by atoms with Crippen LogP contribution < -0.4 is 15.8 Å². The molecular weight excluding hydrogens is 442 g/mol. The quantitative estimate of drug-likeness (QED) is 0.571. The van der Waals surface area contributed by atoms with Crippen LogP contribution in [0.1, 0.15) is 34.8 Å². The second-order valence-electron chi connectivity index (χ2n) is 8.73. The van der Waals surface area contributed by atoms with Crippen molar-refractivity contribution >= 4 is 23.2 Å². The second kappa shape index (κ2) is 10.7. The van der Waals surface area contributed by atoms with Crippen molar-refractivity contribution in [1.29, 1.82) is 0 Å². The van der Waals surface area contributed by atoms with Crippen LogP contribution in [0.2, 0.25) is 5.02 Å². The first kappa shape index (κ1) is 23.8. The number of carbonyl (C=O) groups excluding carboxylic acids is 1. The van der Waals surface area contributed by atoms with Crippen molar-refractivity contribution in [1.82, 2.24) is 10.2 Å². The molecule has 0 spiro atoms. The van der Waals surface area contributed by atoms with E-state index in [1.165, 1.54) is 11.1 Å². The van der Waals surface area contributed by atoms with Gasteiger partial charge in [-0.3, -0.25) is 9.69 Å². The molecule has 0 saturated carbocycles. The molecule has 2 aromatic carbocycles. The summed E-state index contributed by atoms with van der Waals surface area (Å²) in [5.41, 5.74) is 9.05. The summed E-state index contributed by atoms with van der Waals surface area (Å²) in [4.78, 5) is 15.2. The van der Waals surface area contributed by atoms with Gasteiger partial charge in [0.05, 0.1) is 48.3 Å². The molecule has 2 heterocycles. The molecule has 7 nitrogen and oxygen atoms in total. The highest BCUT2D eigenvalue weighted by molar-refractivity contribution is 6.33. The number of ether oxygens (including phenoxy) is 3. The number of halogens is 1. The van der Waals surface area contributed by atoms with Crippen LogP contribution in [0, 0.1) is 6.92 Å². The van der Waals surface area contributed by atoms with E-state index in [9.17, 15) is 4.79 Å². The fraction of sp³-hybridized carbons (Fsp3) is 0.480. The minimum atomic E-state index is -0.258. The third-order valence-corrected chi connectivity index (χ3v) is 6.48. The Kier molecular flexibility index (Phi) is 7.75. The number of anilines is 1. The summed E-state index contributed by atoms with van der Waals surface area (Å²) in [5, 5.41) is 3.28. The van der Waals surface area contributed by atoms with E-state index in [-0.39, 0.29) is 18.1 Å². The predicted molar refractivity (Wildman–Crippen MR) is 129 cm³/mol. The zero-order chi connectivity index (χ0) is 23.4. The number of amides is 1. The van der Waals surface area contributed by atoms with Gasteiger partial charge in [0.1, 0.15) is 5.75 Å². The van der Waals surface area contributed by atoms with Crippen LogP contribution in [0.25, 0.3) is 0 Å². The fourth-order valence-electron chi connectivity index (χ4n) is 4.48. The summed E-state index contributed by atoms with van der Waals surface area (Å²) >= 11 is 6.12. The van der Waals surface area contributed by atoms with Crippen LogP contribution in [0.4, 0.5) is 5.69 Å². The minimum absolute atomic E-state index is 0.0829. The number of nitrogens with one attached hydrogen (secondary N) is 1. The Bertz CT molecular complexity index is 986. The van der Waals surface area contributed by atoms with Gasteiger partial charge in [0.15, 0.2) is 0 Å². The van der Waals surface area contributed by atoms with Crippen molar-refractivity contribution in [2.24, 2.45) is 0 Å². The lowest BCUT2D eigenvalue weighted by Crippen LogP contribution is -2.50. The Morgan fingerprint density at radius 1 is 1.30 bits per heavy atom. The van der Waals surface area contributed by atoms with E-state index in [0.717, 1.165) is 19.5 Å². The lowest BCUT2D eigenvalue weighted by atomic mass is 10.1. The maximum atomic E-state index is 12.8. The van der Waals surface area contributed by atoms with Crippen molar-refractivity contribution in [3.05, 3.63) is 58.1 Å². The molecule has 2 saturated heterocycles. The summed E-state index contributed by atoms with van der Waals surface area (Å²) < 4.78 is 17.8. The average Bonchev–Trinajstić information content (AvgIpc) is 3.21. The number of hydrogen-bond donors (Lipinski definition) is 2. The number of nitrogen functional groups attached to an aromatic ring is 1. The molecule has 178 valence electrons. The van der Waals surface area contributed by atoms with Gasteiger partial charge >= 0.3 is 0 Å². The van der Waals surface area contributed by atoms with Gasteiger partial charge in [-0.15, -0.1) is 0 Å². The van der Waals surface area contributed by atoms with Crippen molar-refractivity contribution in [3.8, 4) is 5.75 Å². The highest BCUT2D eigenvalue weighted by Gasteiger charge is 2.38. The number of nitrogens with zero attached hydrogens (tertiary/aromatic N) is 1. The van der Waals surface area contributed by atoms with E-state index in [4.69, 9.17) is 31.5 Å². The SMILES string of the molecule is CCOc1cc(N)c(Cl)cc1C(=O)NC[C@H]1CN2C[C@H](OCc3cccc(C)c3)C[C@H]2CO1. The fourth-order valence-corrected chi connectivity index (χ4v) is 4.64. The van der Waals surface area contributed by atoms with Crippen LogP contribution in [0.15, 0.2) is 36.4 Å². The van der Waals surface area contributed by atoms with Gasteiger partial charge in [-0.25, -0.2) is 0 Å². The lowest BCUT2D eigenvalue weighted by Gasteiger charge is -2.35. The molecule has 2 aromatic rings. The Hall–Kier alpha value is -2.32. The number of aryl methyl sites for hydroxylation is 1. The number of nitrogens with two attached hydrogens (primary N) is 1. The van der Waals surface area contributed by atoms with E-state index in [2.05, 4.69) is 41.4 Å².